The van der Waals surface area contributed by atoms with E-state index in [0.717, 1.165) is 57.5 Å². The van der Waals surface area contributed by atoms with Gasteiger partial charge in [-0.25, -0.2) is 9.59 Å². The number of esters is 2. The second-order valence-electron chi connectivity index (χ2n) is 6.56. The number of ether oxygens (including phenoxy) is 4. The van der Waals surface area contributed by atoms with Gasteiger partial charge in [0.25, 0.3) is 0 Å². The second kappa shape index (κ2) is 14.0. The highest BCUT2D eigenvalue weighted by Crippen LogP contribution is 2.09. The van der Waals surface area contributed by atoms with Crippen LogP contribution in [0.4, 0.5) is 4.79 Å². The molecule has 0 aromatic heterocycles. The molecule has 9 nitrogen and oxygen atoms in total. The number of nitrogens with two attached hydrogens (primary N) is 1. The molecule has 1 fully saturated rings. The van der Waals surface area contributed by atoms with Crippen LogP contribution < -0.4 is 5.73 Å². The van der Waals surface area contributed by atoms with E-state index in [2.05, 4.69) is 4.90 Å². The van der Waals surface area contributed by atoms with Crippen molar-refractivity contribution in [3.8, 4) is 0 Å². The maximum absolute atomic E-state index is 11.9. The molecule has 1 aliphatic rings. The number of rotatable bonds is 11. The molecule has 0 bridgehead atoms. The number of carbonyl (C=O) groups excluding carboxylic acids is 3. The van der Waals surface area contributed by atoms with Gasteiger partial charge in [-0.15, -0.1) is 0 Å². The van der Waals surface area contributed by atoms with Gasteiger partial charge in [-0.05, 0) is 43.3 Å². The number of carbonyl (C=O) groups is 3. The van der Waals surface area contributed by atoms with Crippen molar-refractivity contribution in [1.29, 1.82) is 0 Å². The summed E-state index contributed by atoms with van der Waals surface area (Å²) in [6, 6.07) is 7.41. The highest BCUT2D eigenvalue weighted by atomic mass is 32.2. The minimum Gasteiger partial charge on any atom is -0.465 e. The molecule has 166 valence electrons. The lowest BCUT2D eigenvalue weighted by Gasteiger charge is -2.26. The molecule has 2 rings (SSSR count). The van der Waals surface area contributed by atoms with Crippen LogP contribution in [0.1, 0.15) is 23.2 Å². The molecule has 1 aromatic rings. The molecular formula is C20H28N2O7S. The zero-order valence-electron chi connectivity index (χ0n) is 16.8. The molecule has 1 aliphatic heterocycles. The fraction of sp³-hybridized carbons (Fsp3) is 0.550. The van der Waals surface area contributed by atoms with Gasteiger partial charge in [-0.1, -0.05) is 18.2 Å². The molecule has 10 heteroatoms. The van der Waals surface area contributed by atoms with Crippen molar-refractivity contribution in [1.82, 2.24) is 4.90 Å². The molecule has 0 amide bonds. The predicted octanol–water partition coefficient (Wildman–Crippen LogP) is 1.65. The van der Waals surface area contributed by atoms with Gasteiger partial charge in [-0.3, -0.25) is 9.69 Å². The van der Waals surface area contributed by atoms with Gasteiger partial charge in [0.1, 0.15) is 6.04 Å². The Morgan fingerprint density at radius 1 is 1.07 bits per heavy atom. The maximum Gasteiger partial charge on any atom is 0.370 e. The van der Waals surface area contributed by atoms with E-state index in [1.54, 1.807) is 30.3 Å². The number of hydrogen-bond acceptors (Lipinski definition) is 10. The van der Waals surface area contributed by atoms with Crippen LogP contribution >= 0.6 is 11.8 Å². The van der Waals surface area contributed by atoms with Gasteiger partial charge in [0.05, 0.1) is 25.4 Å². The SMILES string of the molecule is N[C@@H](CSC(=O)OCOC(=O)c1ccccc1)C(=O)OCCCCN1CCOCC1. The topological polar surface area (TPSA) is 117 Å². The van der Waals surface area contributed by atoms with Gasteiger partial charge < -0.3 is 24.7 Å². The first-order valence-electron chi connectivity index (χ1n) is 9.80. The predicted molar refractivity (Wildman–Crippen MR) is 111 cm³/mol. The van der Waals surface area contributed by atoms with Crippen molar-refractivity contribution in [2.75, 3.05) is 52.0 Å². The number of hydrogen-bond donors (Lipinski definition) is 1. The van der Waals surface area contributed by atoms with Gasteiger partial charge >= 0.3 is 17.2 Å². The van der Waals surface area contributed by atoms with Gasteiger partial charge in [0, 0.05) is 18.8 Å². The summed E-state index contributed by atoms with van der Waals surface area (Å²) in [5, 5.41) is -0.690. The molecule has 0 aliphatic carbocycles. The minimum atomic E-state index is -0.936. The van der Waals surface area contributed by atoms with E-state index in [1.807, 2.05) is 0 Å². The number of benzene rings is 1. The zero-order valence-corrected chi connectivity index (χ0v) is 17.6. The Morgan fingerprint density at radius 2 is 1.80 bits per heavy atom. The van der Waals surface area contributed by atoms with E-state index in [1.165, 1.54) is 0 Å². The zero-order chi connectivity index (χ0) is 21.6. The van der Waals surface area contributed by atoms with Crippen molar-refractivity contribution in [2.45, 2.75) is 18.9 Å². The number of thioether (sulfide) groups is 1. The van der Waals surface area contributed by atoms with E-state index in [4.69, 9.17) is 24.7 Å². The van der Waals surface area contributed by atoms with Crippen LogP contribution in [0.2, 0.25) is 0 Å². The van der Waals surface area contributed by atoms with Crippen LogP contribution in [0.3, 0.4) is 0 Å². The first-order chi connectivity index (χ1) is 14.6. The molecule has 30 heavy (non-hydrogen) atoms. The maximum atomic E-state index is 11.9. The fourth-order valence-corrected chi connectivity index (χ4v) is 3.18. The number of morpholine rings is 1. The molecule has 0 saturated carbocycles. The number of nitrogens with zero attached hydrogens (tertiary/aromatic N) is 1. The van der Waals surface area contributed by atoms with E-state index in [0.29, 0.717) is 12.2 Å². The standard InChI is InChI=1S/C20H28N2O7S/c21-17(19(24)27-11-5-4-8-22-9-12-26-13-10-22)14-30-20(25)29-15-28-18(23)16-6-2-1-3-7-16/h1-3,6-7,17H,4-5,8-15,21H2/t17-/m0/s1. The normalized spacial score (nSPS) is 15.2. The quantitative estimate of drug-likeness (QED) is 0.309. The average Bonchev–Trinajstić information content (AvgIpc) is 2.78. The monoisotopic (exact) mass is 440 g/mol. The summed E-state index contributed by atoms with van der Waals surface area (Å²) in [6.45, 7) is 4.12. The molecular weight excluding hydrogens is 412 g/mol. The summed E-state index contributed by atoms with van der Waals surface area (Å²) in [4.78, 5) is 37.6. The molecule has 1 atom stereocenters. The van der Waals surface area contributed by atoms with Crippen molar-refractivity contribution >= 4 is 29.0 Å². The first-order valence-corrected chi connectivity index (χ1v) is 10.8. The Morgan fingerprint density at radius 3 is 2.53 bits per heavy atom. The average molecular weight is 441 g/mol. The third kappa shape index (κ3) is 9.57. The van der Waals surface area contributed by atoms with Crippen LogP contribution in [0, 0.1) is 0 Å². The van der Waals surface area contributed by atoms with Gasteiger partial charge in [0.2, 0.25) is 6.79 Å². The van der Waals surface area contributed by atoms with Gasteiger partial charge in [-0.2, -0.15) is 0 Å². The molecule has 2 N–H and O–H groups in total. The Labute approximate surface area is 180 Å². The third-order valence-electron chi connectivity index (χ3n) is 4.28. The lowest BCUT2D eigenvalue weighted by Crippen LogP contribution is -2.37. The summed E-state index contributed by atoms with van der Waals surface area (Å²) in [5.41, 5.74) is 6.10. The molecule has 0 spiro atoms. The Bertz CT molecular complexity index is 668. The van der Waals surface area contributed by atoms with Gasteiger partial charge in [0.15, 0.2) is 0 Å². The third-order valence-corrected chi connectivity index (χ3v) is 5.16. The second-order valence-corrected chi connectivity index (χ2v) is 7.51. The van der Waals surface area contributed by atoms with E-state index >= 15 is 0 Å². The summed E-state index contributed by atoms with van der Waals surface area (Å²) in [5.74, 6) is -1.14. The Balaban J connectivity index is 1.49. The van der Waals surface area contributed by atoms with Crippen molar-refractivity contribution in [3.63, 3.8) is 0 Å². The minimum absolute atomic E-state index is 0.0120. The molecule has 1 heterocycles. The van der Waals surface area contributed by atoms with Crippen molar-refractivity contribution in [3.05, 3.63) is 35.9 Å². The number of unbranched alkanes of at least 4 members (excludes halogenated alkanes) is 1. The highest BCUT2D eigenvalue weighted by Gasteiger charge is 2.18. The molecule has 0 unspecified atom stereocenters. The van der Waals surface area contributed by atoms with Crippen LogP contribution in [-0.2, 0) is 23.7 Å². The van der Waals surface area contributed by atoms with Crippen LogP contribution in [0.15, 0.2) is 30.3 Å². The largest absolute Gasteiger partial charge is 0.465 e. The van der Waals surface area contributed by atoms with Crippen molar-refractivity contribution in [2.24, 2.45) is 5.73 Å². The lowest BCUT2D eigenvalue weighted by atomic mass is 10.2. The Kier molecular flexibility index (Phi) is 11.2. The van der Waals surface area contributed by atoms with Crippen LogP contribution in [-0.4, -0.2) is 80.2 Å². The Hall–Kier alpha value is -2.14. The first kappa shape index (κ1) is 24.1. The fourth-order valence-electron chi connectivity index (χ4n) is 2.60. The summed E-state index contributed by atoms with van der Waals surface area (Å²) in [6.07, 6.45) is 1.67. The van der Waals surface area contributed by atoms with E-state index < -0.39 is 30.1 Å². The molecule has 0 radical (unpaired) electrons. The summed E-state index contributed by atoms with van der Waals surface area (Å²) >= 11 is 0.726. The van der Waals surface area contributed by atoms with Crippen molar-refractivity contribution < 1.29 is 33.3 Å². The smallest absolute Gasteiger partial charge is 0.370 e. The highest BCUT2D eigenvalue weighted by molar-refractivity contribution is 8.13. The summed E-state index contributed by atoms with van der Waals surface area (Å²) < 4.78 is 20.1. The van der Waals surface area contributed by atoms with Crippen LogP contribution in [0.5, 0.6) is 0 Å². The molecule has 1 saturated heterocycles. The lowest BCUT2D eigenvalue weighted by molar-refractivity contribution is -0.144. The molecule has 1 aromatic carbocycles. The van der Waals surface area contributed by atoms with E-state index in [-0.39, 0.29) is 5.75 Å². The van der Waals surface area contributed by atoms with E-state index in [9.17, 15) is 14.4 Å². The summed E-state index contributed by atoms with van der Waals surface area (Å²) in [7, 11) is 0. The van der Waals surface area contributed by atoms with Crippen LogP contribution in [0.25, 0.3) is 0 Å².